The van der Waals surface area contributed by atoms with Crippen LogP contribution in [0.25, 0.3) is 11.3 Å². The molecule has 0 aliphatic heterocycles. The monoisotopic (exact) mass is 450 g/mol. The number of aromatic nitrogens is 2. The van der Waals surface area contributed by atoms with Gasteiger partial charge in [0.2, 0.25) is 0 Å². The summed E-state index contributed by atoms with van der Waals surface area (Å²) in [6, 6.07) is 10.2. The highest BCUT2D eigenvalue weighted by atomic mass is 79.9. The number of nitrogens with zero attached hydrogens (tertiary/aromatic N) is 2. The van der Waals surface area contributed by atoms with Crippen LogP contribution in [0, 0.1) is 5.82 Å². The average molecular weight is 451 g/mol. The van der Waals surface area contributed by atoms with Gasteiger partial charge >= 0.3 is 6.03 Å². The van der Waals surface area contributed by atoms with Crippen molar-refractivity contribution < 1.29 is 9.18 Å². The highest BCUT2D eigenvalue weighted by Crippen LogP contribution is 2.20. The standard InChI is InChI=1S/C19H20BrFN4OS/c1-25(19(26)22-11-17-9-14(20)12-27-17)7-3-6-16-10-18(24-23-16)13-4-2-5-15(21)8-13/h2,4-5,8-10,12H,3,6-7,11H2,1H3,(H,22,26)(H,23,24). The number of H-pyrrole nitrogens is 1. The molecule has 1 aromatic carbocycles. The third-order valence-corrected chi connectivity index (χ3v) is 5.77. The van der Waals surface area contributed by atoms with Crippen LogP contribution in [-0.4, -0.2) is 34.7 Å². The van der Waals surface area contributed by atoms with Gasteiger partial charge in [0.15, 0.2) is 0 Å². The number of hydrogen-bond acceptors (Lipinski definition) is 3. The van der Waals surface area contributed by atoms with Crippen molar-refractivity contribution in [3.63, 3.8) is 0 Å². The smallest absolute Gasteiger partial charge is 0.317 e. The van der Waals surface area contributed by atoms with Crippen LogP contribution < -0.4 is 5.32 Å². The molecule has 8 heteroatoms. The minimum absolute atomic E-state index is 0.0930. The molecule has 0 radical (unpaired) electrons. The van der Waals surface area contributed by atoms with E-state index in [4.69, 9.17) is 0 Å². The Morgan fingerprint density at radius 1 is 1.37 bits per heavy atom. The van der Waals surface area contributed by atoms with Gasteiger partial charge in [0.1, 0.15) is 5.82 Å². The van der Waals surface area contributed by atoms with Gasteiger partial charge in [0.25, 0.3) is 0 Å². The molecule has 5 nitrogen and oxygen atoms in total. The van der Waals surface area contributed by atoms with E-state index in [0.29, 0.717) is 13.1 Å². The number of hydrogen-bond donors (Lipinski definition) is 2. The summed E-state index contributed by atoms with van der Waals surface area (Å²) in [5.74, 6) is -0.278. The fourth-order valence-corrected chi connectivity index (χ4v) is 4.03. The van der Waals surface area contributed by atoms with Gasteiger partial charge in [-0.25, -0.2) is 9.18 Å². The van der Waals surface area contributed by atoms with E-state index < -0.39 is 0 Å². The Balaban J connectivity index is 1.43. The van der Waals surface area contributed by atoms with Gasteiger partial charge in [0.05, 0.1) is 12.2 Å². The van der Waals surface area contributed by atoms with Gasteiger partial charge in [0, 0.05) is 39.6 Å². The van der Waals surface area contributed by atoms with Gasteiger partial charge in [-0.2, -0.15) is 5.10 Å². The maximum absolute atomic E-state index is 13.3. The lowest BCUT2D eigenvalue weighted by atomic mass is 10.1. The molecule has 0 aliphatic carbocycles. The first-order chi connectivity index (χ1) is 13.0. The molecular weight excluding hydrogens is 431 g/mol. The van der Waals surface area contributed by atoms with E-state index in [9.17, 15) is 9.18 Å². The lowest BCUT2D eigenvalue weighted by Crippen LogP contribution is -2.37. The summed E-state index contributed by atoms with van der Waals surface area (Å²) in [5.41, 5.74) is 2.43. The number of amides is 2. The van der Waals surface area contributed by atoms with E-state index in [-0.39, 0.29) is 11.8 Å². The number of urea groups is 1. The zero-order valence-corrected chi connectivity index (χ0v) is 17.2. The first kappa shape index (κ1) is 19.6. The summed E-state index contributed by atoms with van der Waals surface area (Å²) in [4.78, 5) is 14.9. The quantitative estimate of drug-likeness (QED) is 0.542. The Morgan fingerprint density at radius 3 is 2.96 bits per heavy atom. The van der Waals surface area contributed by atoms with Crippen molar-refractivity contribution in [2.24, 2.45) is 0 Å². The highest BCUT2D eigenvalue weighted by Gasteiger charge is 2.10. The second-order valence-electron chi connectivity index (χ2n) is 6.20. The van der Waals surface area contributed by atoms with Crippen molar-refractivity contribution in [1.29, 1.82) is 0 Å². The summed E-state index contributed by atoms with van der Waals surface area (Å²) in [7, 11) is 1.78. The van der Waals surface area contributed by atoms with E-state index in [2.05, 4.69) is 31.4 Å². The second kappa shape index (κ2) is 9.14. The number of carbonyl (C=O) groups is 1. The number of aryl methyl sites for hydroxylation is 1. The zero-order valence-electron chi connectivity index (χ0n) is 14.8. The Kier molecular flexibility index (Phi) is 6.63. The molecule has 0 saturated heterocycles. The number of nitrogens with one attached hydrogen (secondary N) is 2. The number of rotatable bonds is 7. The van der Waals surface area contributed by atoms with E-state index in [1.165, 1.54) is 12.1 Å². The maximum atomic E-state index is 13.3. The molecule has 0 fully saturated rings. The van der Waals surface area contributed by atoms with Gasteiger partial charge in [-0.3, -0.25) is 5.10 Å². The fourth-order valence-electron chi connectivity index (χ4n) is 2.64. The lowest BCUT2D eigenvalue weighted by Gasteiger charge is -2.17. The van der Waals surface area contributed by atoms with Gasteiger partial charge in [-0.15, -0.1) is 11.3 Å². The summed E-state index contributed by atoms with van der Waals surface area (Å²) in [6.07, 6.45) is 1.57. The zero-order chi connectivity index (χ0) is 19.2. The first-order valence-corrected chi connectivity index (χ1v) is 10.2. The molecule has 0 atom stereocenters. The Hall–Kier alpha value is -2.19. The van der Waals surface area contributed by atoms with Crippen molar-refractivity contribution >= 4 is 33.3 Å². The molecular formula is C19H20BrFN4OS. The van der Waals surface area contributed by atoms with Crippen molar-refractivity contribution in [3.05, 3.63) is 62.6 Å². The molecule has 3 aromatic rings. The number of thiophene rings is 1. The molecule has 0 saturated carbocycles. The maximum Gasteiger partial charge on any atom is 0.317 e. The Bertz CT molecular complexity index is 911. The first-order valence-electron chi connectivity index (χ1n) is 8.53. The SMILES string of the molecule is CN(CCCc1cc(-c2cccc(F)c2)n[nH]1)C(=O)NCc1cc(Br)cs1. The van der Waals surface area contributed by atoms with Crippen LogP contribution in [0.1, 0.15) is 17.0 Å². The molecule has 2 N–H and O–H groups in total. The van der Waals surface area contributed by atoms with Crippen LogP contribution in [0.15, 0.2) is 46.3 Å². The highest BCUT2D eigenvalue weighted by molar-refractivity contribution is 9.10. The molecule has 142 valence electrons. The van der Waals surface area contributed by atoms with E-state index in [0.717, 1.165) is 39.1 Å². The van der Waals surface area contributed by atoms with E-state index in [1.807, 2.05) is 23.6 Å². The summed E-state index contributed by atoms with van der Waals surface area (Å²) < 4.78 is 14.3. The van der Waals surface area contributed by atoms with Crippen molar-refractivity contribution in [2.75, 3.05) is 13.6 Å². The molecule has 27 heavy (non-hydrogen) atoms. The number of benzene rings is 1. The fraction of sp³-hybridized carbons (Fsp3) is 0.263. The van der Waals surface area contributed by atoms with E-state index >= 15 is 0 Å². The van der Waals surface area contributed by atoms with Crippen molar-refractivity contribution in [3.8, 4) is 11.3 Å². The Labute approximate surface area is 169 Å². The number of aromatic amines is 1. The largest absolute Gasteiger partial charge is 0.333 e. The minimum Gasteiger partial charge on any atom is -0.333 e. The number of carbonyl (C=O) groups excluding carboxylic acids is 1. The second-order valence-corrected chi connectivity index (χ2v) is 8.12. The number of halogens is 2. The van der Waals surface area contributed by atoms with Crippen LogP contribution in [0.3, 0.4) is 0 Å². The predicted octanol–water partition coefficient (Wildman–Crippen LogP) is 4.81. The van der Waals surface area contributed by atoms with Gasteiger partial charge in [-0.1, -0.05) is 12.1 Å². The molecule has 2 heterocycles. The minimum atomic E-state index is -0.278. The van der Waals surface area contributed by atoms with Gasteiger partial charge in [-0.05, 0) is 53.0 Å². The van der Waals surface area contributed by atoms with Crippen LogP contribution in [0.5, 0.6) is 0 Å². The molecule has 0 spiro atoms. The van der Waals surface area contributed by atoms with Crippen LogP contribution in [-0.2, 0) is 13.0 Å². The summed E-state index contributed by atoms with van der Waals surface area (Å²) >= 11 is 5.01. The third kappa shape index (κ3) is 5.64. The van der Waals surface area contributed by atoms with Crippen LogP contribution in [0.2, 0.25) is 0 Å². The van der Waals surface area contributed by atoms with Gasteiger partial charge < -0.3 is 10.2 Å². The summed E-state index contributed by atoms with van der Waals surface area (Å²) in [6.45, 7) is 1.16. The normalized spacial score (nSPS) is 10.8. The topological polar surface area (TPSA) is 61.0 Å². The van der Waals surface area contributed by atoms with Crippen molar-refractivity contribution in [2.45, 2.75) is 19.4 Å². The Morgan fingerprint density at radius 2 is 2.22 bits per heavy atom. The molecule has 0 bridgehead atoms. The molecule has 0 unspecified atom stereocenters. The molecule has 2 amide bonds. The van der Waals surface area contributed by atoms with Crippen LogP contribution >= 0.6 is 27.3 Å². The lowest BCUT2D eigenvalue weighted by molar-refractivity contribution is 0.208. The van der Waals surface area contributed by atoms with Crippen molar-refractivity contribution in [1.82, 2.24) is 20.4 Å². The van der Waals surface area contributed by atoms with Crippen LogP contribution in [0.4, 0.5) is 9.18 Å². The third-order valence-electron chi connectivity index (χ3n) is 4.07. The average Bonchev–Trinajstić information content (AvgIpc) is 3.28. The molecule has 0 aliphatic rings. The van der Waals surface area contributed by atoms with E-state index in [1.54, 1.807) is 29.4 Å². The molecule has 3 rings (SSSR count). The predicted molar refractivity (Wildman–Crippen MR) is 109 cm³/mol. The molecule has 2 aromatic heterocycles. The summed E-state index contributed by atoms with van der Waals surface area (Å²) in [5, 5.41) is 12.1.